The molecule has 0 heterocycles. The van der Waals surface area contributed by atoms with Crippen LogP contribution in [0.3, 0.4) is 0 Å². The Morgan fingerprint density at radius 2 is 1.92 bits per heavy atom. The Balaban J connectivity index is 2.79. The molecule has 1 saturated carbocycles. The van der Waals surface area contributed by atoms with Gasteiger partial charge in [-0.05, 0) is 18.8 Å². The van der Waals surface area contributed by atoms with Crippen LogP contribution >= 0.6 is 47.8 Å². The van der Waals surface area contributed by atoms with Crippen LogP contribution in [-0.2, 0) is 0 Å². The molecule has 4 heteroatoms. The van der Waals surface area contributed by atoms with Gasteiger partial charge in [-0.2, -0.15) is 0 Å². The van der Waals surface area contributed by atoms with Crippen molar-refractivity contribution in [2.45, 2.75) is 40.4 Å². The van der Waals surface area contributed by atoms with Crippen LogP contribution in [0.1, 0.15) is 32.6 Å². The highest BCUT2D eigenvalue weighted by Crippen LogP contribution is 2.52. The molecule has 1 N–H and O–H groups in total. The van der Waals surface area contributed by atoms with Crippen molar-refractivity contribution >= 4 is 47.8 Å². The van der Waals surface area contributed by atoms with E-state index in [4.69, 9.17) is 0 Å². The number of hydrogen-bond donors (Lipinski definition) is 1. The van der Waals surface area contributed by atoms with E-state index in [9.17, 15) is 5.11 Å². The molecule has 2 atom stereocenters. The van der Waals surface area contributed by atoms with Gasteiger partial charge in [0.2, 0.25) is 0 Å². The lowest BCUT2D eigenvalue weighted by Gasteiger charge is -2.43. The smallest absolute Gasteiger partial charge is 0.163 e. The normalized spacial score (nSPS) is 38.2. The second-order valence-corrected chi connectivity index (χ2v) is 10.3. The van der Waals surface area contributed by atoms with Crippen molar-refractivity contribution in [2.24, 2.45) is 5.92 Å². The lowest BCUT2D eigenvalue weighted by Crippen LogP contribution is -2.49. The van der Waals surface area contributed by atoms with Gasteiger partial charge in [0.15, 0.2) is 2.14 Å². The summed E-state index contributed by atoms with van der Waals surface area (Å²) in [5, 5.41) is 10.3. The summed E-state index contributed by atoms with van der Waals surface area (Å²) in [6.07, 6.45) is 4.27. The molecule has 0 bridgehead atoms. The summed E-state index contributed by atoms with van der Waals surface area (Å²) in [7, 11) is 0. The lowest BCUT2D eigenvalue weighted by atomic mass is 9.78. The molecule has 72 valence electrons. The number of halogens is 3. The van der Waals surface area contributed by atoms with Gasteiger partial charge in [-0.25, -0.2) is 0 Å². The minimum absolute atomic E-state index is 0.323. The molecular formula is C8H13Br3O. The van der Waals surface area contributed by atoms with Gasteiger partial charge in [0.25, 0.3) is 0 Å². The van der Waals surface area contributed by atoms with E-state index < -0.39 is 7.74 Å². The highest BCUT2D eigenvalue weighted by Gasteiger charge is 2.49. The molecule has 0 aromatic carbocycles. The molecule has 0 amide bonds. The van der Waals surface area contributed by atoms with E-state index in [1.807, 2.05) is 0 Å². The molecule has 0 radical (unpaired) electrons. The molecule has 0 aromatic rings. The Morgan fingerprint density at radius 3 is 2.25 bits per heavy atom. The molecule has 0 saturated heterocycles. The summed E-state index contributed by atoms with van der Waals surface area (Å²) >= 11 is 10.3. The van der Waals surface area contributed by atoms with Gasteiger partial charge in [0.05, 0.1) is 0 Å². The maximum absolute atomic E-state index is 10.3. The van der Waals surface area contributed by atoms with Gasteiger partial charge in [0.1, 0.15) is 5.60 Å². The van der Waals surface area contributed by atoms with E-state index in [1.54, 1.807) is 0 Å². The summed E-state index contributed by atoms with van der Waals surface area (Å²) in [6, 6.07) is 0. The zero-order chi connectivity index (χ0) is 9.41. The Labute approximate surface area is 98.7 Å². The third-order valence-electron chi connectivity index (χ3n) is 2.75. The third-order valence-corrected chi connectivity index (χ3v) is 4.81. The first-order valence-electron chi connectivity index (χ1n) is 4.17. The van der Waals surface area contributed by atoms with Gasteiger partial charge in [-0.1, -0.05) is 67.6 Å². The zero-order valence-electron chi connectivity index (χ0n) is 6.99. The van der Waals surface area contributed by atoms with Crippen LogP contribution in [0.15, 0.2) is 0 Å². The molecule has 1 aliphatic carbocycles. The van der Waals surface area contributed by atoms with Crippen LogP contribution in [0, 0.1) is 5.92 Å². The van der Waals surface area contributed by atoms with Crippen molar-refractivity contribution in [3.05, 3.63) is 0 Å². The SMILES string of the molecule is C[C@@H]1CCCC[C@@]1(O)C(Br)(Br)Br. The molecule has 1 aliphatic rings. The monoisotopic (exact) mass is 362 g/mol. The second kappa shape index (κ2) is 3.87. The van der Waals surface area contributed by atoms with Crippen LogP contribution in [0.25, 0.3) is 0 Å². The molecule has 1 rings (SSSR count). The van der Waals surface area contributed by atoms with Crippen LogP contribution < -0.4 is 0 Å². The average Bonchev–Trinajstić information content (AvgIpc) is 1.93. The molecule has 0 unspecified atom stereocenters. The first kappa shape index (κ1) is 11.5. The quantitative estimate of drug-likeness (QED) is 0.649. The van der Waals surface area contributed by atoms with Gasteiger partial charge in [0, 0.05) is 0 Å². The third kappa shape index (κ3) is 2.07. The van der Waals surface area contributed by atoms with E-state index in [1.165, 1.54) is 6.42 Å². The molecule has 12 heavy (non-hydrogen) atoms. The first-order chi connectivity index (χ1) is 5.38. The molecule has 0 spiro atoms. The van der Waals surface area contributed by atoms with Gasteiger partial charge < -0.3 is 5.11 Å². The van der Waals surface area contributed by atoms with E-state index in [0.29, 0.717) is 5.92 Å². The number of rotatable bonds is 0. The summed E-state index contributed by atoms with van der Waals surface area (Å²) in [4.78, 5) is 0. The van der Waals surface area contributed by atoms with E-state index in [0.717, 1.165) is 19.3 Å². The number of aliphatic hydroxyl groups is 1. The minimum Gasteiger partial charge on any atom is -0.386 e. The predicted octanol–water partition coefficient (Wildman–Crippen LogP) is 3.77. The van der Waals surface area contributed by atoms with E-state index >= 15 is 0 Å². The summed E-state index contributed by atoms with van der Waals surface area (Å²) in [6.45, 7) is 2.09. The van der Waals surface area contributed by atoms with Crippen LogP contribution in [-0.4, -0.2) is 12.9 Å². The maximum Gasteiger partial charge on any atom is 0.163 e. The minimum atomic E-state index is -0.675. The fourth-order valence-electron chi connectivity index (χ4n) is 1.75. The van der Waals surface area contributed by atoms with Crippen LogP contribution in [0.5, 0.6) is 0 Å². The Hall–Kier alpha value is 1.40. The number of alkyl halides is 3. The highest BCUT2D eigenvalue weighted by molar-refractivity contribution is 9.39. The van der Waals surface area contributed by atoms with Gasteiger partial charge >= 0.3 is 0 Å². The van der Waals surface area contributed by atoms with Crippen molar-refractivity contribution in [3.8, 4) is 0 Å². The van der Waals surface area contributed by atoms with Crippen molar-refractivity contribution in [2.75, 3.05) is 0 Å². The fraction of sp³-hybridized carbons (Fsp3) is 1.00. The van der Waals surface area contributed by atoms with Crippen LogP contribution in [0.2, 0.25) is 0 Å². The van der Waals surface area contributed by atoms with Crippen molar-refractivity contribution < 1.29 is 5.11 Å². The molecule has 0 aromatic heterocycles. The molecular weight excluding hydrogens is 352 g/mol. The summed E-state index contributed by atoms with van der Waals surface area (Å²) in [5.41, 5.74) is -0.675. The molecule has 0 aliphatic heterocycles. The first-order valence-corrected chi connectivity index (χ1v) is 6.55. The Bertz CT molecular complexity index is 166. The largest absolute Gasteiger partial charge is 0.386 e. The Kier molecular flexibility index (Phi) is 3.70. The highest BCUT2D eigenvalue weighted by atomic mass is 80.0. The zero-order valence-corrected chi connectivity index (χ0v) is 11.7. The molecule has 1 fully saturated rings. The topological polar surface area (TPSA) is 20.2 Å². The lowest BCUT2D eigenvalue weighted by molar-refractivity contribution is -0.0287. The summed E-state index contributed by atoms with van der Waals surface area (Å²) < 4.78 is -0.528. The average molecular weight is 365 g/mol. The van der Waals surface area contributed by atoms with Gasteiger partial charge in [-0.3, -0.25) is 0 Å². The van der Waals surface area contributed by atoms with Crippen molar-refractivity contribution in [1.29, 1.82) is 0 Å². The predicted molar refractivity (Wildman–Crippen MR) is 62.1 cm³/mol. The van der Waals surface area contributed by atoms with E-state index in [2.05, 4.69) is 54.7 Å². The maximum atomic E-state index is 10.3. The summed E-state index contributed by atoms with van der Waals surface area (Å²) in [5.74, 6) is 0.323. The second-order valence-electron chi connectivity index (χ2n) is 3.57. The van der Waals surface area contributed by atoms with Gasteiger partial charge in [-0.15, -0.1) is 0 Å². The van der Waals surface area contributed by atoms with Crippen LogP contribution in [0.4, 0.5) is 0 Å². The molecule has 1 nitrogen and oxygen atoms in total. The van der Waals surface area contributed by atoms with E-state index in [-0.39, 0.29) is 0 Å². The fourth-order valence-corrected chi connectivity index (χ4v) is 3.52. The van der Waals surface area contributed by atoms with Crippen molar-refractivity contribution in [1.82, 2.24) is 0 Å². The Morgan fingerprint density at radius 1 is 1.33 bits per heavy atom. The standard InChI is InChI=1S/C8H13Br3O/c1-6-4-2-3-5-7(6,12)8(9,10)11/h6,12H,2-5H2,1H3/t6-,7+/m1/s1. The number of hydrogen-bond acceptors (Lipinski definition) is 1. The van der Waals surface area contributed by atoms with Crippen molar-refractivity contribution in [3.63, 3.8) is 0 Å².